The van der Waals surface area contributed by atoms with Gasteiger partial charge in [-0.3, -0.25) is 0 Å². The first-order chi connectivity index (χ1) is 9.61. The second-order valence-corrected chi connectivity index (χ2v) is 5.12. The molecule has 2 aromatic carbocycles. The lowest BCUT2D eigenvalue weighted by Crippen LogP contribution is -2.26. The molecular formula is C16H15F2NO. The van der Waals surface area contributed by atoms with Gasteiger partial charge >= 0.3 is 0 Å². The second-order valence-electron chi connectivity index (χ2n) is 5.12. The van der Waals surface area contributed by atoms with Crippen molar-refractivity contribution in [1.82, 2.24) is 0 Å². The summed E-state index contributed by atoms with van der Waals surface area (Å²) in [5.74, 6) is -1.28. The van der Waals surface area contributed by atoms with Crippen molar-refractivity contribution in [3.05, 3.63) is 59.2 Å². The Morgan fingerprint density at radius 1 is 1.20 bits per heavy atom. The molecule has 0 spiro atoms. The van der Waals surface area contributed by atoms with Crippen molar-refractivity contribution >= 4 is 11.4 Å². The van der Waals surface area contributed by atoms with Crippen LogP contribution in [0, 0.1) is 11.6 Å². The van der Waals surface area contributed by atoms with Gasteiger partial charge in [-0.15, -0.1) is 0 Å². The summed E-state index contributed by atoms with van der Waals surface area (Å²) in [6.45, 7) is 1.57. The Hall–Kier alpha value is -1.94. The van der Waals surface area contributed by atoms with Gasteiger partial charge in [0.2, 0.25) is 0 Å². The van der Waals surface area contributed by atoms with Gasteiger partial charge in [-0.1, -0.05) is 18.2 Å². The molecule has 1 unspecified atom stereocenters. The van der Waals surface area contributed by atoms with Gasteiger partial charge < -0.3 is 10.0 Å². The molecule has 1 heterocycles. The molecule has 3 rings (SSSR count). The third kappa shape index (κ3) is 1.96. The lowest BCUT2D eigenvalue weighted by Gasteiger charge is -2.26. The quantitative estimate of drug-likeness (QED) is 0.906. The van der Waals surface area contributed by atoms with Crippen LogP contribution in [0.15, 0.2) is 36.4 Å². The van der Waals surface area contributed by atoms with Crippen LogP contribution in [0.1, 0.15) is 18.1 Å². The number of anilines is 2. The summed E-state index contributed by atoms with van der Waals surface area (Å²) in [7, 11) is 0. The molecule has 2 nitrogen and oxygen atoms in total. The number of nitrogens with zero attached hydrogens (tertiary/aromatic N) is 1. The van der Waals surface area contributed by atoms with Gasteiger partial charge in [0.05, 0.1) is 6.61 Å². The van der Waals surface area contributed by atoms with E-state index in [0.29, 0.717) is 0 Å². The van der Waals surface area contributed by atoms with E-state index in [1.807, 2.05) is 31.2 Å². The molecule has 20 heavy (non-hydrogen) atoms. The molecule has 1 aliphatic rings. The van der Waals surface area contributed by atoms with E-state index >= 15 is 0 Å². The molecule has 0 fully saturated rings. The van der Waals surface area contributed by atoms with Crippen LogP contribution < -0.4 is 4.90 Å². The molecule has 1 atom stereocenters. The smallest absolute Gasteiger partial charge is 0.150 e. The van der Waals surface area contributed by atoms with Gasteiger partial charge in [0.15, 0.2) is 0 Å². The standard InChI is InChI=1S/C16H15F2NO/c1-10-6-12-4-2-3-5-15(12)19(10)16-13(17)7-11(9-20)8-14(16)18/h2-5,7-8,10,20H,6,9H2,1H3. The molecule has 0 aliphatic carbocycles. The SMILES string of the molecule is CC1Cc2ccccc2N1c1c(F)cc(CO)cc1F. The van der Waals surface area contributed by atoms with Crippen LogP contribution >= 0.6 is 0 Å². The molecule has 0 radical (unpaired) electrons. The first-order valence-electron chi connectivity index (χ1n) is 6.57. The summed E-state index contributed by atoms with van der Waals surface area (Å²) in [5.41, 5.74) is 2.13. The maximum Gasteiger partial charge on any atom is 0.150 e. The number of benzene rings is 2. The molecule has 2 aromatic rings. The van der Waals surface area contributed by atoms with E-state index in [4.69, 9.17) is 5.11 Å². The third-order valence-electron chi connectivity index (χ3n) is 3.71. The topological polar surface area (TPSA) is 23.5 Å². The fourth-order valence-corrected chi connectivity index (χ4v) is 2.85. The Bertz CT molecular complexity index is 634. The maximum atomic E-state index is 14.2. The summed E-state index contributed by atoms with van der Waals surface area (Å²) in [6, 6.07) is 10.0. The van der Waals surface area contributed by atoms with Crippen LogP contribution in [0.4, 0.5) is 20.2 Å². The molecule has 0 bridgehead atoms. The zero-order valence-electron chi connectivity index (χ0n) is 11.1. The Morgan fingerprint density at radius 2 is 1.85 bits per heavy atom. The molecule has 104 valence electrons. The van der Waals surface area contributed by atoms with Gasteiger partial charge in [0, 0.05) is 11.7 Å². The van der Waals surface area contributed by atoms with Crippen LogP contribution in [-0.2, 0) is 13.0 Å². The highest BCUT2D eigenvalue weighted by molar-refractivity contribution is 5.72. The van der Waals surface area contributed by atoms with Gasteiger partial charge in [-0.05, 0) is 42.7 Å². The first kappa shape index (κ1) is 13.1. The highest BCUT2D eigenvalue weighted by atomic mass is 19.1. The summed E-state index contributed by atoms with van der Waals surface area (Å²) in [5, 5.41) is 9.01. The highest BCUT2D eigenvalue weighted by Crippen LogP contribution is 2.40. The van der Waals surface area contributed by atoms with Crippen molar-refractivity contribution in [2.45, 2.75) is 26.0 Å². The number of rotatable bonds is 2. The average molecular weight is 275 g/mol. The predicted molar refractivity (Wildman–Crippen MR) is 74.0 cm³/mol. The van der Waals surface area contributed by atoms with E-state index in [-0.39, 0.29) is 23.9 Å². The number of hydrogen-bond donors (Lipinski definition) is 1. The Labute approximate surface area is 116 Å². The summed E-state index contributed by atoms with van der Waals surface area (Å²) in [6.07, 6.45) is 0.761. The van der Waals surface area contributed by atoms with E-state index in [2.05, 4.69) is 0 Å². The summed E-state index contributed by atoms with van der Waals surface area (Å²) in [4.78, 5) is 1.70. The van der Waals surface area contributed by atoms with Crippen LogP contribution in [-0.4, -0.2) is 11.1 Å². The molecule has 4 heteroatoms. The number of fused-ring (bicyclic) bond motifs is 1. The number of aliphatic hydroxyl groups is 1. The molecule has 0 saturated heterocycles. The first-order valence-corrected chi connectivity index (χ1v) is 6.57. The molecule has 1 N–H and O–H groups in total. The summed E-state index contributed by atoms with van der Waals surface area (Å²) >= 11 is 0. The lowest BCUT2D eigenvalue weighted by atomic mass is 10.1. The van der Waals surface area contributed by atoms with Gasteiger partial charge in [0.1, 0.15) is 17.3 Å². The molecule has 1 aliphatic heterocycles. The Balaban J connectivity index is 2.14. The molecular weight excluding hydrogens is 260 g/mol. The molecule has 0 amide bonds. The van der Waals surface area contributed by atoms with Crippen molar-refractivity contribution in [3.63, 3.8) is 0 Å². The lowest BCUT2D eigenvalue weighted by molar-refractivity contribution is 0.280. The minimum Gasteiger partial charge on any atom is -0.392 e. The van der Waals surface area contributed by atoms with E-state index < -0.39 is 11.6 Å². The third-order valence-corrected chi connectivity index (χ3v) is 3.71. The number of hydrogen-bond acceptors (Lipinski definition) is 2. The van der Waals surface area contributed by atoms with Crippen molar-refractivity contribution in [3.8, 4) is 0 Å². The summed E-state index contributed by atoms with van der Waals surface area (Å²) < 4.78 is 28.4. The van der Waals surface area contributed by atoms with Crippen LogP contribution in [0.2, 0.25) is 0 Å². The normalized spacial score (nSPS) is 17.4. The number of para-hydroxylation sites is 1. The van der Waals surface area contributed by atoms with Gasteiger partial charge in [-0.25, -0.2) is 8.78 Å². The Kier molecular flexibility index (Phi) is 3.18. The van der Waals surface area contributed by atoms with E-state index in [0.717, 1.165) is 17.7 Å². The van der Waals surface area contributed by atoms with Crippen molar-refractivity contribution in [2.24, 2.45) is 0 Å². The number of aliphatic hydroxyl groups excluding tert-OH is 1. The average Bonchev–Trinajstić information content (AvgIpc) is 2.75. The van der Waals surface area contributed by atoms with Crippen molar-refractivity contribution in [2.75, 3.05) is 4.90 Å². The van der Waals surface area contributed by atoms with Crippen LogP contribution in [0.3, 0.4) is 0 Å². The largest absolute Gasteiger partial charge is 0.392 e. The van der Waals surface area contributed by atoms with Gasteiger partial charge in [-0.2, -0.15) is 0 Å². The fourth-order valence-electron chi connectivity index (χ4n) is 2.85. The molecule has 0 aromatic heterocycles. The fraction of sp³-hybridized carbons (Fsp3) is 0.250. The maximum absolute atomic E-state index is 14.2. The zero-order valence-corrected chi connectivity index (χ0v) is 11.1. The van der Waals surface area contributed by atoms with E-state index in [9.17, 15) is 8.78 Å². The van der Waals surface area contributed by atoms with E-state index in [1.165, 1.54) is 12.1 Å². The number of halogens is 2. The molecule has 0 saturated carbocycles. The predicted octanol–water partition coefficient (Wildman–Crippen LogP) is 3.54. The second kappa shape index (κ2) is 4.87. The van der Waals surface area contributed by atoms with E-state index in [1.54, 1.807) is 4.90 Å². The van der Waals surface area contributed by atoms with Crippen molar-refractivity contribution in [1.29, 1.82) is 0 Å². The minimum atomic E-state index is -0.641. The van der Waals surface area contributed by atoms with Crippen LogP contribution in [0.25, 0.3) is 0 Å². The van der Waals surface area contributed by atoms with Gasteiger partial charge in [0.25, 0.3) is 0 Å². The highest BCUT2D eigenvalue weighted by Gasteiger charge is 2.30. The monoisotopic (exact) mass is 275 g/mol. The zero-order chi connectivity index (χ0) is 14.3. The Morgan fingerprint density at radius 3 is 2.50 bits per heavy atom. The van der Waals surface area contributed by atoms with Crippen molar-refractivity contribution < 1.29 is 13.9 Å². The minimum absolute atomic E-state index is 0.00336. The van der Waals surface area contributed by atoms with Crippen LogP contribution in [0.5, 0.6) is 0 Å².